The van der Waals surface area contributed by atoms with Gasteiger partial charge in [0.25, 0.3) is 0 Å². The van der Waals surface area contributed by atoms with Crippen LogP contribution in [0.3, 0.4) is 0 Å². The molecule has 0 rings (SSSR count). The summed E-state index contributed by atoms with van der Waals surface area (Å²) in [5.41, 5.74) is 0. The fraction of sp³-hybridized carbons (Fsp3) is 0.859. The Morgan fingerprint density at radius 3 is 0.908 bits per heavy atom. The van der Waals surface area contributed by atoms with E-state index < -0.39 is 57.8 Å². The van der Waals surface area contributed by atoms with Gasteiger partial charge in [-0.1, -0.05) is 237 Å². The number of hydrogen-bond donors (Lipinski definition) is 2. The summed E-state index contributed by atoms with van der Waals surface area (Å²) in [6.07, 6.45) is 62.4. The highest BCUT2D eigenvalue weighted by molar-refractivity contribution is 7.47. The van der Waals surface area contributed by atoms with Gasteiger partial charge in [0, 0.05) is 19.3 Å². The summed E-state index contributed by atoms with van der Waals surface area (Å²) in [6, 6.07) is 0. The van der Waals surface area contributed by atoms with Crippen LogP contribution in [-0.4, -0.2) is 66.5 Å². The zero-order chi connectivity index (χ0) is 55.5. The first-order chi connectivity index (χ1) is 37.2. The number of carbonyl (C=O) groups is 3. The summed E-state index contributed by atoms with van der Waals surface area (Å²) in [4.78, 5) is 48.7. The molecule has 0 aromatic rings. The van der Waals surface area contributed by atoms with E-state index in [0.29, 0.717) is 19.3 Å². The molecule has 0 saturated heterocycles. The van der Waals surface area contributed by atoms with E-state index in [1.165, 1.54) is 161 Å². The summed E-state index contributed by atoms with van der Waals surface area (Å²) in [5, 5.41) is 9.84. The van der Waals surface area contributed by atoms with Crippen molar-refractivity contribution in [2.75, 3.05) is 26.4 Å². The van der Waals surface area contributed by atoms with Gasteiger partial charge in [0.15, 0.2) is 6.10 Å². The zero-order valence-corrected chi connectivity index (χ0v) is 50.4. The van der Waals surface area contributed by atoms with Crippen LogP contribution in [0, 0.1) is 0 Å². The zero-order valence-electron chi connectivity index (χ0n) is 49.5. The number of aliphatic hydroxyl groups is 1. The van der Waals surface area contributed by atoms with Crippen LogP contribution in [0.15, 0.2) is 36.5 Å². The fourth-order valence-corrected chi connectivity index (χ4v) is 9.89. The van der Waals surface area contributed by atoms with Crippen LogP contribution in [0.1, 0.15) is 316 Å². The van der Waals surface area contributed by atoms with Crippen LogP contribution in [0.5, 0.6) is 0 Å². The maximum Gasteiger partial charge on any atom is 0.472 e. The van der Waals surface area contributed by atoms with E-state index in [-0.39, 0.29) is 25.9 Å². The van der Waals surface area contributed by atoms with Crippen LogP contribution < -0.4 is 0 Å². The number of hydrogen-bond acceptors (Lipinski definition) is 10. The van der Waals surface area contributed by atoms with Crippen molar-refractivity contribution in [3.8, 4) is 0 Å². The molecule has 0 aliphatic rings. The van der Waals surface area contributed by atoms with Crippen molar-refractivity contribution in [1.29, 1.82) is 0 Å². The van der Waals surface area contributed by atoms with E-state index in [9.17, 15) is 28.9 Å². The van der Waals surface area contributed by atoms with Crippen LogP contribution in [0.4, 0.5) is 0 Å². The van der Waals surface area contributed by atoms with Crippen LogP contribution in [0.25, 0.3) is 0 Å². The predicted octanol–water partition coefficient (Wildman–Crippen LogP) is 19.2. The Hall–Kier alpha value is -2.30. The van der Waals surface area contributed by atoms with Crippen molar-refractivity contribution >= 4 is 25.7 Å². The van der Waals surface area contributed by atoms with Gasteiger partial charge >= 0.3 is 25.7 Å². The van der Waals surface area contributed by atoms with Crippen LogP contribution >= 0.6 is 7.82 Å². The molecule has 3 atom stereocenters. The molecule has 12 heteroatoms. The fourth-order valence-electron chi connectivity index (χ4n) is 9.11. The molecule has 0 aromatic heterocycles. The molecule has 0 radical (unpaired) electrons. The average molecular weight is 1100 g/mol. The molecule has 0 aliphatic carbocycles. The van der Waals surface area contributed by atoms with Gasteiger partial charge < -0.3 is 24.2 Å². The summed E-state index contributed by atoms with van der Waals surface area (Å²) in [6.45, 7) is 4.67. The van der Waals surface area contributed by atoms with Crippen molar-refractivity contribution < 1.29 is 52.2 Å². The monoisotopic (exact) mass is 1090 g/mol. The van der Waals surface area contributed by atoms with E-state index in [4.69, 9.17) is 23.3 Å². The lowest BCUT2D eigenvalue weighted by Gasteiger charge is -2.21. The molecule has 0 aliphatic heterocycles. The molecule has 0 fully saturated rings. The maximum absolute atomic E-state index is 12.9. The van der Waals surface area contributed by atoms with Gasteiger partial charge in [0.1, 0.15) is 12.7 Å². The Labute approximate surface area is 467 Å². The number of aliphatic hydroxyl groups excluding tert-OH is 1. The number of phosphoric ester groups is 1. The average Bonchev–Trinajstić information content (AvgIpc) is 3.41. The first-order valence-corrected chi connectivity index (χ1v) is 33.4. The number of esters is 3. The lowest BCUT2D eigenvalue weighted by molar-refractivity contribution is -0.161. The molecule has 76 heavy (non-hydrogen) atoms. The molecule has 0 heterocycles. The second-order valence-electron chi connectivity index (χ2n) is 21.6. The molecule has 446 valence electrons. The molecule has 0 bridgehead atoms. The Morgan fingerprint density at radius 2 is 0.605 bits per heavy atom. The Morgan fingerprint density at radius 1 is 0.355 bits per heavy atom. The number of carbonyl (C=O) groups excluding carboxylic acids is 3. The molecule has 11 nitrogen and oxygen atoms in total. The van der Waals surface area contributed by atoms with Crippen molar-refractivity contribution in [2.24, 2.45) is 0 Å². The maximum atomic E-state index is 12.9. The first-order valence-electron chi connectivity index (χ1n) is 31.9. The largest absolute Gasteiger partial charge is 0.472 e. The molecule has 0 aromatic carbocycles. The lowest BCUT2D eigenvalue weighted by Crippen LogP contribution is -2.30. The summed E-state index contributed by atoms with van der Waals surface area (Å²) >= 11 is 0. The van der Waals surface area contributed by atoms with Gasteiger partial charge in [-0.25, -0.2) is 4.57 Å². The smallest absolute Gasteiger partial charge is 0.462 e. The van der Waals surface area contributed by atoms with Crippen molar-refractivity contribution in [3.05, 3.63) is 36.5 Å². The van der Waals surface area contributed by atoms with E-state index >= 15 is 0 Å². The van der Waals surface area contributed by atoms with E-state index in [1.807, 2.05) is 0 Å². The standard InChI is InChI=1S/C64H119O11P/c1-4-7-10-13-16-19-22-25-28-29-30-31-34-35-38-41-44-47-50-53-62(66)71-57-61(75-64(68)55-52-49-46-43-40-37-33-27-24-21-18-15-12-9-6-3)59-73-76(69,70)72-58-60(56-65)74-63(67)54-51-48-45-42-39-36-32-26-23-20-17-14-11-8-5-2/h25-28,32-33,60-61,65H,4-24,29-31,34-59H2,1-3H3,(H,69,70)/b28-25-,32-26-,33-27-. The number of rotatable bonds is 60. The molecule has 2 N–H and O–H groups in total. The molecule has 0 spiro atoms. The third-order valence-electron chi connectivity index (χ3n) is 14.0. The topological polar surface area (TPSA) is 155 Å². The number of phosphoric acid groups is 1. The molecule has 3 unspecified atom stereocenters. The Kier molecular flexibility index (Phi) is 57.1. The minimum atomic E-state index is -4.75. The molecule has 0 saturated carbocycles. The number of allylic oxidation sites excluding steroid dienone is 6. The summed E-state index contributed by atoms with van der Waals surface area (Å²) in [5.74, 6) is -1.46. The van der Waals surface area contributed by atoms with E-state index in [2.05, 4.69) is 57.2 Å². The number of unbranched alkanes of at least 4 members (excludes halogenated alkanes) is 37. The summed E-state index contributed by atoms with van der Waals surface area (Å²) in [7, 11) is -4.75. The van der Waals surface area contributed by atoms with Gasteiger partial charge in [-0.15, -0.1) is 0 Å². The first kappa shape index (κ1) is 73.7. The van der Waals surface area contributed by atoms with Crippen molar-refractivity contribution in [1.82, 2.24) is 0 Å². The highest BCUT2D eigenvalue weighted by Crippen LogP contribution is 2.43. The Bertz CT molecular complexity index is 1420. The molecular weight excluding hydrogens is 976 g/mol. The Balaban J connectivity index is 4.68. The van der Waals surface area contributed by atoms with Crippen LogP contribution in [-0.2, 0) is 42.2 Å². The molecule has 0 amide bonds. The van der Waals surface area contributed by atoms with Gasteiger partial charge in [0.2, 0.25) is 0 Å². The van der Waals surface area contributed by atoms with Crippen LogP contribution in [0.2, 0.25) is 0 Å². The van der Waals surface area contributed by atoms with Crippen molar-refractivity contribution in [2.45, 2.75) is 328 Å². The van der Waals surface area contributed by atoms with Gasteiger partial charge in [0.05, 0.1) is 19.8 Å². The third-order valence-corrected chi connectivity index (χ3v) is 15.0. The number of ether oxygens (including phenoxy) is 3. The highest BCUT2D eigenvalue weighted by atomic mass is 31.2. The normalized spacial score (nSPS) is 13.5. The minimum absolute atomic E-state index is 0.160. The van der Waals surface area contributed by atoms with Gasteiger partial charge in [-0.2, -0.15) is 0 Å². The second kappa shape index (κ2) is 58.8. The quantitative estimate of drug-likeness (QED) is 0.0197. The predicted molar refractivity (Wildman–Crippen MR) is 316 cm³/mol. The highest BCUT2D eigenvalue weighted by Gasteiger charge is 2.28. The molecular formula is C64H119O11P. The van der Waals surface area contributed by atoms with E-state index in [0.717, 1.165) is 96.3 Å². The lowest BCUT2D eigenvalue weighted by atomic mass is 10.1. The van der Waals surface area contributed by atoms with Gasteiger partial charge in [-0.05, 0) is 96.3 Å². The van der Waals surface area contributed by atoms with Crippen molar-refractivity contribution in [3.63, 3.8) is 0 Å². The minimum Gasteiger partial charge on any atom is -0.462 e. The second-order valence-corrected chi connectivity index (χ2v) is 23.0. The SMILES string of the molecule is CCCCCCCC/C=C\CCCCCCCCCCCC(=O)OCC(COP(=O)(O)OCC(CO)OC(=O)CCCCCCC/C=C\CCCCCCCC)OC(=O)CCCCCCC/C=C\CCCCCCCC. The van der Waals surface area contributed by atoms with E-state index in [1.54, 1.807) is 0 Å². The third kappa shape index (κ3) is 56.4. The summed E-state index contributed by atoms with van der Waals surface area (Å²) < 4.78 is 39.6. The van der Waals surface area contributed by atoms with Gasteiger partial charge in [-0.3, -0.25) is 23.4 Å².